The zero-order valence-electron chi connectivity index (χ0n) is 9.82. The Morgan fingerprint density at radius 3 is 2.13 bits per heavy atom. The van der Waals surface area contributed by atoms with Crippen molar-refractivity contribution in [2.45, 2.75) is 27.7 Å². The summed E-state index contributed by atoms with van der Waals surface area (Å²) in [5.74, 6) is -0.927. The van der Waals surface area contributed by atoms with Gasteiger partial charge in [0.25, 0.3) is 0 Å². The number of esters is 1. The number of hydrogen-bond acceptors (Lipinski definition) is 4. The van der Waals surface area contributed by atoms with E-state index in [1.165, 1.54) is 0 Å². The zero-order chi connectivity index (χ0) is 12.1. The lowest BCUT2D eigenvalue weighted by Gasteiger charge is -2.12. The normalized spacial score (nSPS) is 13.9. The molecule has 1 unspecified atom stereocenters. The highest BCUT2D eigenvalue weighted by Gasteiger charge is 2.23. The van der Waals surface area contributed by atoms with Crippen molar-refractivity contribution in [3.8, 4) is 0 Å². The summed E-state index contributed by atoms with van der Waals surface area (Å²) in [6.07, 6.45) is 0. The Hall–Kier alpha value is -0.580. The molecular formula is C10H20O4S. The fraction of sp³-hybridized carbons (Fsp3) is 0.900. The minimum atomic E-state index is -3.14. The Bertz CT molecular complexity index is 293. The lowest BCUT2D eigenvalue weighted by Crippen LogP contribution is -2.26. The van der Waals surface area contributed by atoms with Crippen LogP contribution in [-0.2, 0) is 19.4 Å². The van der Waals surface area contributed by atoms with Gasteiger partial charge in [-0.05, 0) is 12.8 Å². The van der Waals surface area contributed by atoms with Crippen molar-refractivity contribution in [1.82, 2.24) is 0 Å². The molecule has 0 aromatic rings. The van der Waals surface area contributed by atoms with Gasteiger partial charge in [0.1, 0.15) is 0 Å². The third-order valence-electron chi connectivity index (χ3n) is 1.78. The van der Waals surface area contributed by atoms with E-state index in [1.54, 1.807) is 13.8 Å². The van der Waals surface area contributed by atoms with Crippen LogP contribution < -0.4 is 0 Å². The molecule has 0 aromatic carbocycles. The quantitative estimate of drug-likeness (QED) is 0.651. The third kappa shape index (κ3) is 6.49. The van der Waals surface area contributed by atoms with E-state index in [1.807, 2.05) is 13.8 Å². The number of sulfone groups is 1. The summed E-state index contributed by atoms with van der Waals surface area (Å²) in [6.45, 7) is 7.25. The lowest BCUT2D eigenvalue weighted by atomic mass is 10.2. The van der Waals surface area contributed by atoms with Crippen LogP contribution in [0.15, 0.2) is 0 Å². The molecule has 0 aromatic heterocycles. The first-order chi connectivity index (χ1) is 6.78. The maximum Gasteiger partial charge on any atom is 0.309 e. The molecule has 0 aliphatic rings. The van der Waals surface area contributed by atoms with Crippen molar-refractivity contribution in [3.63, 3.8) is 0 Å². The van der Waals surface area contributed by atoms with E-state index in [0.29, 0.717) is 0 Å². The van der Waals surface area contributed by atoms with Crippen LogP contribution in [0.3, 0.4) is 0 Å². The summed E-state index contributed by atoms with van der Waals surface area (Å²) >= 11 is 0. The molecule has 0 amide bonds. The maximum absolute atomic E-state index is 11.6. The van der Waals surface area contributed by atoms with Gasteiger partial charge < -0.3 is 4.74 Å². The molecule has 0 heterocycles. The zero-order valence-corrected chi connectivity index (χ0v) is 10.6. The smallest absolute Gasteiger partial charge is 0.309 e. The standard InChI is InChI=1S/C10H20O4S/c1-5-14-10(11)9(4)7-15(12,13)6-8(2)3/h8-9H,5-7H2,1-4H3. The fourth-order valence-electron chi connectivity index (χ4n) is 1.31. The molecule has 0 saturated carbocycles. The van der Waals surface area contributed by atoms with Gasteiger partial charge in [-0.2, -0.15) is 0 Å². The first-order valence-corrected chi connectivity index (χ1v) is 6.97. The largest absolute Gasteiger partial charge is 0.466 e. The molecule has 4 nitrogen and oxygen atoms in total. The van der Waals surface area contributed by atoms with Crippen molar-refractivity contribution in [2.24, 2.45) is 11.8 Å². The molecule has 90 valence electrons. The minimum Gasteiger partial charge on any atom is -0.466 e. The maximum atomic E-state index is 11.6. The van der Waals surface area contributed by atoms with E-state index in [-0.39, 0.29) is 24.0 Å². The van der Waals surface area contributed by atoms with Crippen LogP contribution in [0.5, 0.6) is 0 Å². The third-order valence-corrected chi connectivity index (χ3v) is 3.96. The molecule has 0 rings (SSSR count). The van der Waals surface area contributed by atoms with Crippen molar-refractivity contribution in [3.05, 3.63) is 0 Å². The van der Waals surface area contributed by atoms with Gasteiger partial charge in [-0.1, -0.05) is 20.8 Å². The Balaban J connectivity index is 4.27. The van der Waals surface area contributed by atoms with Crippen molar-refractivity contribution >= 4 is 15.8 Å². The highest BCUT2D eigenvalue weighted by molar-refractivity contribution is 7.91. The number of carbonyl (C=O) groups is 1. The van der Waals surface area contributed by atoms with Crippen molar-refractivity contribution in [2.75, 3.05) is 18.1 Å². The Morgan fingerprint density at radius 1 is 1.20 bits per heavy atom. The van der Waals surface area contributed by atoms with Crippen LogP contribution in [0.25, 0.3) is 0 Å². The molecular weight excluding hydrogens is 216 g/mol. The molecule has 5 heteroatoms. The first-order valence-electron chi connectivity index (χ1n) is 5.15. The number of carbonyl (C=O) groups excluding carboxylic acids is 1. The van der Waals surface area contributed by atoms with Crippen LogP contribution >= 0.6 is 0 Å². The Morgan fingerprint density at radius 2 is 1.73 bits per heavy atom. The summed E-state index contributed by atoms with van der Waals surface area (Å²) < 4.78 is 27.9. The predicted octanol–water partition coefficient (Wildman–Crippen LogP) is 1.26. The monoisotopic (exact) mass is 236 g/mol. The van der Waals surface area contributed by atoms with Gasteiger partial charge in [-0.15, -0.1) is 0 Å². The van der Waals surface area contributed by atoms with Crippen LogP contribution in [-0.4, -0.2) is 32.5 Å². The Kier molecular flexibility index (Phi) is 5.87. The molecule has 1 atom stereocenters. The Labute approximate surface area is 91.9 Å². The molecule has 0 aliphatic heterocycles. The lowest BCUT2D eigenvalue weighted by molar-refractivity contribution is -0.146. The average Bonchev–Trinajstić information content (AvgIpc) is 2.00. The fourth-order valence-corrected chi connectivity index (χ4v) is 3.36. The van der Waals surface area contributed by atoms with Gasteiger partial charge in [0.05, 0.1) is 24.0 Å². The second-order valence-electron chi connectivity index (χ2n) is 4.12. The molecule has 0 fully saturated rings. The van der Waals surface area contributed by atoms with Crippen LogP contribution in [0.2, 0.25) is 0 Å². The van der Waals surface area contributed by atoms with Gasteiger partial charge in [0, 0.05) is 0 Å². The van der Waals surface area contributed by atoms with E-state index >= 15 is 0 Å². The van der Waals surface area contributed by atoms with E-state index in [2.05, 4.69) is 0 Å². The van der Waals surface area contributed by atoms with Crippen molar-refractivity contribution < 1.29 is 17.9 Å². The van der Waals surface area contributed by atoms with E-state index in [0.717, 1.165) is 0 Å². The predicted molar refractivity (Wildman–Crippen MR) is 59.3 cm³/mol. The van der Waals surface area contributed by atoms with Gasteiger partial charge in [-0.3, -0.25) is 4.79 Å². The summed E-state index contributed by atoms with van der Waals surface area (Å²) in [7, 11) is -3.14. The van der Waals surface area contributed by atoms with Crippen LogP contribution in [0, 0.1) is 11.8 Å². The van der Waals surface area contributed by atoms with Crippen molar-refractivity contribution in [1.29, 1.82) is 0 Å². The average molecular weight is 236 g/mol. The summed E-state index contributed by atoms with van der Waals surface area (Å²) in [6, 6.07) is 0. The number of ether oxygens (including phenoxy) is 1. The van der Waals surface area contributed by atoms with Gasteiger partial charge >= 0.3 is 5.97 Å². The van der Waals surface area contributed by atoms with Gasteiger partial charge in [0.15, 0.2) is 9.84 Å². The second kappa shape index (κ2) is 6.10. The molecule has 0 bridgehead atoms. The number of hydrogen-bond donors (Lipinski definition) is 0. The summed E-state index contributed by atoms with van der Waals surface area (Å²) in [5, 5.41) is 0. The first kappa shape index (κ1) is 14.4. The molecule has 15 heavy (non-hydrogen) atoms. The molecule has 0 aliphatic carbocycles. The van der Waals surface area contributed by atoms with E-state index < -0.39 is 21.7 Å². The number of rotatable bonds is 6. The van der Waals surface area contributed by atoms with Gasteiger partial charge in [-0.25, -0.2) is 8.42 Å². The molecule has 0 spiro atoms. The second-order valence-corrected chi connectivity index (χ2v) is 6.28. The highest BCUT2D eigenvalue weighted by Crippen LogP contribution is 2.08. The summed E-state index contributed by atoms with van der Waals surface area (Å²) in [5.41, 5.74) is 0. The molecule has 0 N–H and O–H groups in total. The topological polar surface area (TPSA) is 60.4 Å². The summed E-state index contributed by atoms with van der Waals surface area (Å²) in [4.78, 5) is 11.2. The minimum absolute atomic E-state index is 0.0874. The molecule has 0 radical (unpaired) electrons. The van der Waals surface area contributed by atoms with Crippen LogP contribution in [0.1, 0.15) is 27.7 Å². The van der Waals surface area contributed by atoms with Crippen LogP contribution in [0.4, 0.5) is 0 Å². The van der Waals surface area contributed by atoms with E-state index in [9.17, 15) is 13.2 Å². The van der Waals surface area contributed by atoms with Gasteiger partial charge in [0.2, 0.25) is 0 Å². The highest BCUT2D eigenvalue weighted by atomic mass is 32.2. The molecule has 0 saturated heterocycles. The van der Waals surface area contributed by atoms with E-state index in [4.69, 9.17) is 4.74 Å². The SMILES string of the molecule is CCOC(=O)C(C)CS(=O)(=O)CC(C)C.